The highest BCUT2D eigenvalue weighted by Gasteiger charge is 2.12. The van der Waals surface area contributed by atoms with E-state index in [-0.39, 0.29) is 11.5 Å². The van der Waals surface area contributed by atoms with Crippen molar-refractivity contribution in [3.8, 4) is 10.4 Å². The van der Waals surface area contributed by atoms with Gasteiger partial charge in [-0.3, -0.25) is 9.78 Å². The molecule has 0 unspecified atom stereocenters. The Bertz CT molecular complexity index is 814. The number of hydrogen-bond acceptors (Lipinski definition) is 4. The van der Waals surface area contributed by atoms with Crippen LogP contribution in [-0.2, 0) is 6.42 Å². The summed E-state index contributed by atoms with van der Waals surface area (Å²) >= 11 is 1.56. The topological polar surface area (TPSA) is 68.9 Å². The molecule has 3 rings (SSSR count). The number of aromatic nitrogens is 2. The first-order valence-electron chi connectivity index (χ1n) is 6.58. The minimum Gasteiger partial charge on any atom is -0.364 e. The lowest BCUT2D eigenvalue weighted by molar-refractivity contribution is 0.0994. The Morgan fingerprint density at radius 1 is 1.09 bits per heavy atom. The number of primary amides is 1. The Morgan fingerprint density at radius 3 is 2.55 bits per heavy atom. The maximum atomic E-state index is 13.0. The highest BCUT2D eigenvalue weighted by Crippen LogP contribution is 2.29. The minimum atomic E-state index is -0.585. The second-order valence-electron chi connectivity index (χ2n) is 4.67. The van der Waals surface area contributed by atoms with Crippen LogP contribution in [0.5, 0.6) is 0 Å². The third-order valence-corrected chi connectivity index (χ3v) is 4.27. The number of amides is 1. The van der Waals surface area contributed by atoms with E-state index in [1.54, 1.807) is 23.5 Å². The first-order chi connectivity index (χ1) is 10.6. The first-order valence-corrected chi connectivity index (χ1v) is 7.39. The highest BCUT2D eigenvalue weighted by atomic mass is 32.1. The van der Waals surface area contributed by atoms with Crippen LogP contribution in [0.15, 0.2) is 48.8 Å². The van der Waals surface area contributed by atoms with Crippen LogP contribution in [0.1, 0.15) is 21.1 Å². The van der Waals surface area contributed by atoms with Gasteiger partial charge >= 0.3 is 0 Å². The standard InChI is InChI=1S/C16H12FN3OS/c17-11-3-1-10(2-4-11)14-6-5-12(22-14)9-13-15(16(18)21)20-8-7-19-13/h1-8H,9H2,(H2,18,21). The third kappa shape index (κ3) is 3.01. The molecule has 6 heteroatoms. The van der Waals surface area contributed by atoms with Crippen LogP contribution >= 0.6 is 11.3 Å². The normalized spacial score (nSPS) is 10.6. The molecule has 110 valence electrons. The average molecular weight is 313 g/mol. The maximum Gasteiger partial charge on any atom is 0.269 e. The number of nitrogens with zero attached hydrogens (tertiary/aromatic N) is 2. The van der Waals surface area contributed by atoms with E-state index in [2.05, 4.69) is 9.97 Å². The Kier molecular flexibility index (Phi) is 3.93. The monoisotopic (exact) mass is 313 g/mol. The predicted molar refractivity (Wildman–Crippen MR) is 83.1 cm³/mol. The van der Waals surface area contributed by atoms with E-state index in [1.165, 1.54) is 24.5 Å². The Hall–Kier alpha value is -2.60. The van der Waals surface area contributed by atoms with Crippen molar-refractivity contribution < 1.29 is 9.18 Å². The molecule has 0 fully saturated rings. The molecule has 0 radical (unpaired) electrons. The number of carbonyl (C=O) groups excluding carboxylic acids is 1. The van der Waals surface area contributed by atoms with Gasteiger partial charge in [-0.1, -0.05) is 12.1 Å². The zero-order valence-corrected chi connectivity index (χ0v) is 12.3. The van der Waals surface area contributed by atoms with Crippen LogP contribution in [-0.4, -0.2) is 15.9 Å². The zero-order chi connectivity index (χ0) is 15.5. The van der Waals surface area contributed by atoms with E-state index >= 15 is 0 Å². The number of rotatable bonds is 4. The van der Waals surface area contributed by atoms with Crippen molar-refractivity contribution in [1.82, 2.24) is 9.97 Å². The fourth-order valence-electron chi connectivity index (χ4n) is 2.11. The molecule has 0 aliphatic rings. The molecular weight excluding hydrogens is 301 g/mol. The van der Waals surface area contributed by atoms with Gasteiger partial charge < -0.3 is 5.73 Å². The summed E-state index contributed by atoms with van der Waals surface area (Å²) in [5, 5.41) is 0. The van der Waals surface area contributed by atoms with Crippen LogP contribution in [0.4, 0.5) is 4.39 Å². The van der Waals surface area contributed by atoms with Gasteiger partial charge in [0.15, 0.2) is 0 Å². The quantitative estimate of drug-likeness (QED) is 0.805. The van der Waals surface area contributed by atoms with Gasteiger partial charge in [-0.2, -0.15) is 0 Å². The molecule has 3 aromatic rings. The van der Waals surface area contributed by atoms with Gasteiger partial charge in [-0.15, -0.1) is 11.3 Å². The molecule has 0 bridgehead atoms. The number of nitrogens with two attached hydrogens (primary N) is 1. The molecule has 0 atom stereocenters. The van der Waals surface area contributed by atoms with Crippen LogP contribution in [0.25, 0.3) is 10.4 Å². The van der Waals surface area contributed by atoms with Gasteiger partial charge in [-0.05, 0) is 29.8 Å². The molecule has 22 heavy (non-hydrogen) atoms. The Morgan fingerprint density at radius 2 is 1.82 bits per heavy atom. The molecule has 4 nitrogen and oxygen atoms in total. The number of hydrogen-bond donors (Lipinski definition) is 1. The molecular formula is C16H12FN3OS. The summed E-state index contributed by atoms with van der Waals surface area (Å²) in [6.45, 7) is 0. The van der Waals surface area contributed by atoms with Crippen molar-refractivity contribution in [3.63, 3.8) is 0 Å². The fourth-order valence-corrected chi connectivity index (χ4v) is 3.13. The molecule has 2 aromatic heterocycles. The summed E-state index contributed by atoms with van der Waals surface area (Å²) in [6.07, 6.45) is 3.47. The van der Waals surface area contributed by atoms with Crippen LogP contribution in [0.3, 0.4) is 0 Å². The SMILES string of the molecule is NC(=O)c1nccnc1Cc1ccc(-c2ccc(F)cc2)s1. The highest BCUT2D eigenvalue weighted by molar-refractivity contribution is 7.15. The Balaban J connectivity index is 1.86. The molecule has 0 spiro atoms. The first kappa shape index (κ1) is 14.3. The maximum absolute atomic E-state index is 13.0. The summed E-state index contributed by atoms with van der Waals surface area (Å²) in [5.41, 5.74) is 7.01. The molecule has 0 saturated carbocycles. The molecule has 1 amide bonds. The fraction of sp³-hybridized carbons (Fsp3) is 0.0625. The van der Waals surface area contributed by atoms with Gasteiger partial charge in [0.05, 0.1) is 5.69 Å². The van der Waals surface area contributed by atoms with Crippen molar-refractivity contribution >= 4 is 17.2 Å². The zero-order valence-electron chi connectivity index (χ0n) is 11.5. The molecule has 0 aliphatic heterocycles. The number of carbonyl (C=O) groups is 1. The van der Waals surface area contributed by atoms with Crippen LogP contribution < -0.4 is 5.73 Å². The molecule has 2 heterocycles. The summed E-state index contributed by atoms with van der Waals surface area (Å²) in [6, 6.07) is 10.3. The average Bonchev–Trinajstić information content (AvgIpc) is 2.97. The Labute approximate surface area is 130 Å². The number of benzene rings is 1. The summed E-state index contributed by atoms with van der Waals surface area (Å²) < 4.78 is 13.0. The summed E-state index contributed by atoms with van der Waals surface area (Å²) in [5.74, 6) is -0.843. The van der Waals surface area contributed by atoms with Gasteiger partial charge in [-0.25, -0.2) is 9.37 Å². The van der Waals surface area contributed by atoms with Gasteiger partial charge in [0.1, 0.15) is 11.5 Å². The lowest BCUT2D eigenvalue weighted by Gasteiger charge is -2.02. The second kappa shape index (κ2) is 6.03. The van der Waals surface area contributed by atoms with Crippen molar-refractivity contribution in [2.75, 3.05) is 0 Å². The van der Waals surface area contributed by atoms with Gasteiger partial charge in [0.25, 0.3) is 5.91 Å². The largest absolute Gasteiger partial charge is 0.364 e. The smallest absolute Gasteiger partial charge is 0.269 e. The summed E-state index contributed by atoms with van der Waals surface area (Å²) in [7, 11) is 0. The van der Waals surface area contributed by atoms with Crippen molar-refractivity contribution in [3.05, 3.63) is 70.9 Å². The molecule has 0 aliphatic carbocycles. The van der Waals surface area contributed by atoms with Crippen LogP contribution in [0, 0.1) is 5.82 Å². The van der Waals surface area contributed by atoms with Crippen molar-refractivity contribution in [1.29, 1.82) is 0 Å². The van der Waals surface area contributed by atoms with Gasteiger partial charge in [0, 0.05) is 28.6 Å². The number of halogens is 1. The van der Waals surface area contributed by atoms with E-state index in [9.17, 15) is 9.18 Å². The number of thiophene rings is 1. The van der Waals surface area contributed by atoms with Crippen LogP contribution in [0.2, 0.25) is 0 Å². The van der Waals surface area contributed by atoms with E-state index in [0.717, 1.165) is 15.3 Å². The lowest BCUT2D eigenvalue weighted by Crippen LogP contribution is -2.16. The second-order valence-corrected chi connectivity index (χ2v) is 5.83. The third-order valence-electron chi connectivity index (χ3n) is 3.14. The summed E-state index contributed by atoms with van der Waals surface area (Å²) in [4.78, 5) is 21.6. The van der Waals surface area contributed by atoms with Crippen molar-refractivity contribution in [2.24, 2.45) is 5.73 Å². The van der Waals surface area contributed by atoms with Gasteiger partial charge in [0.2, 0.25) is 0 Å². The molecule has 2 N–H and O–H groups in total. The molecule has 1 aromatic carbocycles. The van der Waals surface area contributed by atoms with E-state index in [4.69, 9.17) is 5.73 Å². The van der Waals surface area contributed by atoms with E-state index in [1.807, 2.05) is 12.1 Å². The van der Waals surface area contributed by atoms with Crippen molar-refractivity contribution in [2.45, 2.75) is 6.42 Å². The van der Waals surface area contributed by atoms with E-state index < -0.39 is 5.91 Å². The minimum absolute atomic E-state index is 0.194. The molecule has 0 saturated heterocycles. The van der Waals surface area contributed by atoms with E-state index in [0.29, 0.717) is 12.1 Å². The lowest BCUT2D eigenvalue weighted by atomic mass is 10.2. The predicted octanol–water partition coefficient (Wildman–Crippen LogP) is 3.03.